The highest BCUT2D eigenvalue weighted by atomic mass is 16.3. The maximum atomic E-state index is 11.9. The second-order valence-electron chi connectivity index (χ2n) is 3.93. The van der Waals surface area contributed by atoms with E-state index in [1.807, 2.05) is 0 Å². The Hall–Kier alpha value is -1.72. The average molecular weight is 235 g/mol. The third kappa shape index (κ3) is 2.07. The molecule has 0 spiro atoms. The van der Waals surface area contributed by atoms with Crippen LogP contribution in [0, 0.1) is 0 Å². The fourth-order valence-corrected chi connectivity index (χ4v) is 1.81. The SMILES string of the molecule is O=C1c2ccccc2C(=O)N1CC[C@H](O)CO. The summed E-state index contributed by atoms with van der Waals surface area (Å²) in [5.74, 6) is -0.675. The van der Waals surface area contributed by atoms with Gasteiger partial charge in [-0.2, -0.15) is 0 Å². The van der Waals surface area contributed by atoms with Crippen LogP contribution in [0.15, 0.2) is 24.3 Å². The molecule has 0 aromatic heterocycles. The number of aliphatic hydroxyl groups is 2. The minimum absolute atomic E-state index is 0.119. The number of fused-ring (bicyclic) bond motifs is 1. The highest BCUT2D eigenvalue weighted by molar-refractivity contribution is 6.21. The molecule has 0 fully saturated rings. The molecule has 2 N–H and O–H groups in total. The smallest absolute Gasteiger partial charge is 0.261 e. The van der Waals surface area contributed by atoms with Crippen LogP contribution in [0.1, 0.15) is 27.1 Å². The molecule has 0 saturated heterocycles. The first-order valence-corrected chi connectivity index (χ1v) is 5.39. The molecule has 1 atom stereocenters. The lowest BCUT2D eigenvalue weighted by molar-refractivity contribution is 0.0560. The number of rotatable bonds is 4. The Balaban J connectivity index is 2.13. The number of carbonyl (C=O) groups is 2. The Morgan fingerprint density at radius 1 is 1.12 bits per heavy atom. The lowest BCUT2D eigenvalue weighted by atomic mass is 10.1. The van der Waals surface area contributed by atoms with Crippen molar-refractivity contribution in [1.29, 1.82) is 0 Å². The van der Waals surface area contributed by atoms with Gasteiger partial charge >= 0.3 is 0 Å². The number of aliphatic hydroxyl groups excluding tert-OH is 2. The zero-order chi connectivity index (χ0) is 12.4. The molecule has 1 aromatic carbocycles. The molecule has 1 aliphatic heterocycles. The van der Waals surface area contributed by atoms with Gasteiger partial charge in [-0.25, -0.2) is 0 Å². The van der Waals surface area contributed by atoms with Gasteiger partial charge in [-0.05, 0) is 18.6 Å². The van der Waals surface area contributed by atoms with Crippen molar-refractivity contribution in [3.8, 4) is 0 Å². The molecule has 5 heteroatoms. The van der Waals surface area contributed by atoms with E-state index in [4.69, 9.17) is 5.11 Å². The van der Waals surface area contributed by atoms with Crippen LogP contribution in [0.3, 0.4) is 0 Å². The quantitative estimate of drug-likeness (QED) is 0.721. The van der Waals surface area contributed by atoms with Crippen molar-refractivity contribution in [1.82, 2.24) is 4.90 Å². The molecule has 90 valence electrons. The molecule has 0 radical (unpaired) electrons. The molecule has 0 aliphatic carbocycles. The normalized spacial score (nSPS) is 16.2. The number of nitrogens with zero attached hydrogens (tertiary/aromatic N) is 1. The highest BCUT2D eigenvalue weighted by Crippen LogP contribution is 2.22. The highest BCUT2D eigenvalue weighted by Gasteiger charge is 2.34. The van der Waals surface area contributed by atoms with Gasteiger partial charge in [0.1, 0.15) is 0 Å². The van der Waals surface area contributed by atoms with E-state index in [1.165, 1.54) is 0 Å². The first-order chi connectivity index (χ1) is 8.15. The second kappa shape index (κ2) is 4.65. The largest absolute Gasteiger partial charge is 0.394 e. The van der Waals surface area contributed by atoms with Crippen molar-refractivity contribution in [3.63, 3.8) is 0 Å². The predicted octanol–water partition coefficient (Wildman–Crippen LogP) is 0.0259. The molecule has 2 rings (SSSR count). The van der Waals surface area contributed by atoms with Crippen molar-refractivity contribution in [2.24, 2.45) is 0 Å². The Morgan fingerprint density at radius 2 is 1.65 bits per heavy atom. The van der Waals surface area contributed by atoms with Gasteiger partial charge in [0.15, 0.2) is 0 Å². The maximum absolute atomic E-state index is 11.9. The van der Waals surface area contributed by atoms with Gasteiger partial charge in [-0.15, -0.1) is 0 Å². The van der Waals surface area contributed by atoms with Crippen LogP contribution in [-0.2, 0) is 0 Å². The van der Waals surface area contributed by atoms with Crippen LogP contribution in [0.25, 0.3) is 0 Å². The minimum atomic E-state index is -0.903. The Labute approximate surface area is 98.3 Å². The first-order valence-electron chi connectivity index (χ1n) is 5.39. The molecular formula is C12H13NO4. The molecule has 0 saturated carbocycles. The number of imide groups is 1. The topological polar surface area (TPSA) is 77.8 Å². The third-order valence-corrected chi connectivity index (χ3v) is 2.77. The molecule has 0 bridgehead atoms. The average Bonchev–Trinajstić information content (AvgIpc) is 2.60. The van der Waals surface area contributed by atoms with Crippen LogP contribution in [0.2, 0.25) is 0 Å². The van der Waals surface area contributed by atoms with Crippen LogP contribution in [0.4, 0.5) is 0 Å². The van der Waals surface area contributed by atoms with E-state index in [1.54, 1.807) is 24.3 Å². The monoisotopic (exact) mass is 235 g/mol. The first kappa shape index (κ1) is 11.8. The Morgan fingerprint density at radius 3 is 2.12 bits per heavy atom. The number of amides is 2. The fourth-order valence-electron chi connectivity index (χ4n) is 1.81. The molecule has 1 aromatic rings. The molecular weight excluding hydrogens is 222 g/mol. The van der Waals surface area contributed by atoms with Crippen LogP contribution >= 0.6 is 0 Å². The van der Waals surface area contributed by atoms with Crippen molar-refractivity contribution >= 4 is 11.8 Å². The van der Waals surface area contributed by atoms with Crippen molar-refractivity contribution < 1.29 is 19.8 Å². The Kier molecular flexibility index (Phi) is 3.21. The zero-order valence-electron chi connectivity index (χ0n) is 9.17. The number of carbonyl (C=O) groups excluding carboxylic acids is 2. The van der Waals surface area contributed by atoms with Crippen molar-refractivity contribution in [3.05, 3.63) is 35.4 Å². The van der Waals surface area contributed by atoms with Crippen molar-refractivity contribution in [2.45, 2.75) is 12.5 Å². The van der Waals surface area contributed by atoms with Crippen LogP contribution in [0.5, 0.6) is 0 Å². The van der Waals surface area contributed by atoms with Gasteiger partial charge in [0.25, 0.3) is 11.8 Å². The molecule has 1 aliphatic rings. The van der Waals surface area contributed by atoms with Gasteiger partial charge < -0.3 is 10.2 Å². The van der Waals surface area contributed by atoms with E-state index in [0.29, 0.717) is 11.1 Å². The lowest BCUT2D eigenvalue weighted by Gasteiger charge is -2.15. The Bertz CT molecular complexity index is 423. The van der Waals surface area contributed by atoms with Gasteiger partial charge in [0.05, 0.1) is 23.8 Å². The third-order valence-electron chi connectivity index (χ3n) is 2.77. The summed E-state index contributed by atoms with van der Waals surface area (Å²) in [6.45, 7) is -0.253. The van der Waals surface area contributed by atoms with Crippen LogP contribution < -0.4 is 0 Å². The van der Waals surface area contributed by atoms with Crippen molar-refractivity contribution in [2.75, 3.05) is 13.2 Å². The molecule has 5 nitrogen and oxygen atoms in total. The van der Waals surface area contributed by atoms with Crippen LogP contribution in [-0.4, -0.2) is 46.2 Å². The summed E-state index contributed by atoms with van der Waals surface area (Å²) in [6.07, 6.45) is -0.721. The minimum Gasteiger partial charge on any atom is -0.394 e. The van der Waals surface area contributed by atoms with Gasteiger partial charge in [-0.3, -0.25) is 14.5 Å². The molecule has 0 unspecified atom stereocenters. The summed E-state index contributed by atoms with van der Waals surface area (Å²) in [6, 6.07) is 6.63. The predicted molar refractivity (Wildman–Crippen MR) is 59.5 cm³/mol. The zero-order valence-corrected chi connectivity index (χ0v) is 9.17. The summed E-state index contributed by atoms with van der Waals surface area (Å²) in [5, 5.41) is 17.9. The van der Waals surface area contributed by atoms with E-state index in [2.05, 4.69) is 0 Å². The van der Waals surface area contributed by atoms with Gasteiger partial charge in [0, 0.05) is 6.54 Å². The van der Waals surface area contributed by atoms with E-state index in [9.17, 15) is 14.7 Å². The van der Waals surface area contributed by atoms with Gasteiger partial charge in [0.2, 0.25) is 0 Å². The summed E-state index contributed by atoms with van der Waals surface area (Å²) < 4.78 is 0. The van der Waals surface area contributed by atoms with Gasteiger partial charge in [-0.1, -0.05) is 12.1 Å². The summed E-state index contributed by atoms with van der Waals surface area (Å²) in [4.78, 5) is 24.8. The number of hydrogen-bond donors (Lipinski definition) is 2. The summed E-state index contributed by atoms with van der Waals surface area (Å²) in [5.41, 5.74) is 0.798. The summed E-state index contributed by atoms with van der Waals surface area (Å²) >= 11 is 0. The van der Waals surface area contributed by atoms with E-state index >= 15 is 0 Å². The summed E-state index contributed by atoms with van der Waals surface area (Å²) in [7, 11) is 0. The van der Waals surface area contributed by atoms with E-state index < -0.39 is 6.10 Å². The standard InChI is InChI=1S/C12H13NO4/c14-7-8(15)5-6-13-11(16)9-3-1-2-4-10(9)12(13)17/h1-4,8,14-15H,5-7H2/t8-/m0/s1. The molecule has 17 heavy (non-hydrogen) atoms. The molecule has 2 amide bonds. The number of hydrogen-bond acceptors (Lipinski definition) is 4. The molecule has 1 heterocycles. The van der Waals surface area contributed by atoms with E-state index in [0.717, 1.165) is 4.90 Å². The van der Waals surface area contributed by atoms with E-state index in [-0.39, 0.29) is 31.4 Å². The second-order valence-corrected chi connectivity index (χ2v) is 3.93. The maximum Gasteiger partial charge on any atom is 0.261 e. The lowest BCUT2D eigenvalue weighted by Crippen LogP contribution is -2.33. The number of benzene rings is 1. The fraction of sp³-hybridized carbons (Fsp3) is 0.333.